The SMILES string of the molecule is CC(=O)N1CCN(C(=O)CCNc2nc(NCc3cc4nc(Cl)ccc4o3)c3cccc(F)c3n2)CC1. The largest absolute Gasteiger partial charge is 0.457 e. The first-order chi connectivity index (χ1) is 17.9. The molecule has 37 heavy (non-hydrogen) atoms. The first-order valence-electron chi connectivity index (χ1n) is 11.9. The van der Waals surface area contributed by atoms with E-state index in [4.69, 9.17) is 16.0 Å². The first-order valence-corrected chi connectivity index (χ1v) is 12.3. The van der Waals surface area contributed by atoms with Crippen LogP contribution in [0.15, 0.2) is 40.8 Å². The van der Waals surface area contributed by atoms with Crippen LogP contribution in [0.3, 0.4) is 0 Å². The van der Waals surface area contributed by atoms with Gasteiger partial charge in [0.1, 0.15) is 33.6 Å². The summed E-state index contributed by atoms with van der Waals surface area (Å²) in [5, 5.41) is 7.12. The summed E-state index contributed by atoms with van der Waals surface area (Å²) in [6.45, 7) is 4.17. The van der Waals surface area contributed by atoms with Gasteiger partial charge in [-0.15, -0.1) is 0 Å². The number of carbonyl (C=O) groups excluding carboxylic acids is 2. The van der Waals surface area contributed by atoms with Gasteiger partial charge in [-0.2, -0.15) is 4.98 Å². The molecule has 0 spiro atoms. The van der Waals surface area contributed by atoms with Gasteiger partial charge in [-0.1, -0.05) is 17.7 Å². The normalized spacial score (nSPS) is 13.8. The number of benzene rings is 1. The highest BCUT2D eigenvalue weighted by Gasteiger charge is 2.22. The molecule has 2 N–H and O–H groups in total. The van der Waals surface area contributed by atoms with Gasteiger partial charge in [-0.05, 0) is 24.3 Å². The highest BCUT2D eigenvalue weighted by Crippen LogP contribution is 2.26. The van der Waals surface area contributed by atoms with E-state index in [0.717, 1.165) is 0 Å². The van der Waals surface area contributed by atoms with E-state index < -0.39 is 5.82 Å². The van der Waals surface area contributed by atoms with Crippen molar-refractivity contribution >= 4 is 57.2 Å². The Balaban J connectivity index is 1.26. The molecule has 4 heterocycles. The van der Waals surface area contributed by atoms with Crippen LogP contribution in [0, 0.1) is 5.82 Å². The second kappa shape index (κ2) is 10.6. The number of carbonyl (C=O) groups is 2. The van der Waals surface area contributed by atoms with Crippen molar-refractivity contribution in [1.82, 2.24) is 24.8 Å². The summed E-state index contributed by atoms with van der Waals surface area (Å²) in [7, 11) is 0. The van der Waals surface area contributed by atoms with E-state index in [1.54, 1.807) is 40.1 Å². The Morgan fingerprint density at radius 3 is 2.62 bits per heavy atom. The number of hydrogen-bond donors (Lipinski definition) is 2. The van der Waals surface area contributed by atoms with Crippen LogP contribution in [-0.2, 0) is 16.1 Å². The number of para-hydroxylation sites is 1. The maximum absolute atomic E-state index is 14.6. The van der Waals surface area contributed by atoms with E-state index in [-0.39, 0.29) is 42.8 Å². The lowest BCUT2D eigenvalue weighted by Crippen LogP contribution is -2.50. The number of nitrogens with one attached hydrogen (secondary N) is 2. The third kappa shape index (κ3) is 5.56. The molecule has 1 aliphatic rings. The fourth-order valence-electron chi connectivity index (χ4n) is 4.25. The minimum Gasteiger partial charge on any atom is -0.457 e. The summed E-state index contributed by atoms with van der Waals surface area (Å²) in [5.41, 5.74) is 1.40. The van der Waals surface area contributed by atoms with Crippen LogP contribution >= 0.6 is 11.6 Å². The van der Waals surface area contributed by atoms with Gasteiger partial charge >= 0.3 is 0 Å². The van der Waals surface area contributed by atoms with Crippen LogP contribution in [0.25, 0.3) is 22.0 Å². The predicted octanol–water partition coefficient (Wildman–Crippen LogP) is 3.67. The molecule has 192 valence electrons. The van der Waals surface area contributed by atoms with Crippen molar-refractivity contribution in [3.63, 3.8) is 0 Å². The van der Waals surface area contributed by atoms with Crippen molar-refractivity contribution in [2.24, 2.45) is 0 Å². The smallest absolute Gasteiger partial charge is 0.225 e. The topological polar surface area (TPSA) is 116 Å². The third-order valence-electron chi connectivity index (χ3n) is 6.20. The molecule has 4 aromatic rings. The summed E-state index contributed by atoms with van der Waals surface area (Å²) < 4.78 is 20.4. The number of aromatic nitrogens is 3. The quantitative estimate of drug-likeness (QED) is 0.351. The number of rotatable bonds is 7. The molecule has 12 heteroatoms. The van der Waals surface area contributed by atoms with Crippen molar-refractivity contribution < 1.29 is 18.4 Å². The van der Waals surface area contributed by atoms with Crippen molar-refractivity contribution in [1.29, 1.82) is 0 Å². The number of fused-ring (bicyclic) bond motifs is 2. The molecule has 0 aliphatic carbocycles. The van der Waals surface area contributed by atoms with Gasteiger partial charge in [-0.3, -0.25) is 9.59 Å². The van der Waals surface area contributed by atoms with Crippen LogP contribution in [0.2, 0.25) is 5.15 Å². The van der Waals surface area contributed by atoms with E-state index in [1.807, 2.05) is 0 Å². The highest BCUT2D eigenvalue weighted by molar-refractivity contribution is 6.29. The molecule has 5 rings (SSSR count). The second-order valence-electron chi connectivity index (χ2n) is 8.68. The van der Waals surface area contributed by atoms with E-state index >= 15 is 0 Å². The van der Waals surface area contributed by atoms with Crippen LogP contribution < -0.4 is 10.6 Å². The van der Waals surface area contributed by atoms with E-state index in [0.29, 0.717) is 59.4 Å². The molecule has 10 nitrogen and oxygen atoms in total. The molecule has 1 fully saturated rings. The maximum atomic E-state index is 14.6. The van der Waals surface area contributed by atoms with Crippen molar-refractivity contribution in [2.45, 2.75) is 19.9 Å². The fraction of sp³-hybridized carbons (Fsp3) is 0.320. The maximum Gasteiger partial charge on any atom is 0.225 e. The zero-order valence-corrected chi connectivity index (χ0v) is 20.9. The summed E-state index contributed by atoms with van der Waals surface area (Å²) in [6, 6.07) is 9.84. The van der Waals surface area contributed by atoms with E-state index in [1.165, 1.54) is 13.0 Å². The number of piperazine rings is 1. The Hall–Kier alpha value is -3.99. The first kappa shape index (κ1) is 24.7. The lowest BCUT2D eigenvalue weighted by molar-refractivity contribution is -0.138. The van der Waals surface area contributed by atoms with Crippen molar-refractivity contribution in [3.05, 3.63) is 53.1 Å². The van der Waals surface area contributed by atoms with Gasteiger partial charge in [0.2, 0.25) is 17.8 Å². The van der Waals surface area contributed by atoms with Crippen molar-refractivity contribution in [3.8, 4) is 0 Å². The molecule has 0 unspecified atom stereocenters. The molecule has 1 aromatic carbocycles. The number of halogens is 2. The fourth-order valence-corrected chi connectivity index (χ4v) is 4.40. The third-order valence-corrected chi connectivity index (χ3v) is 6.41. The molecule has 0 radical (unpaired) electrons. The Morgan fingerprint density at radius 1 is 1.05 bits per heavy atom. The van der Waals surface area contributed by atoms with E-state index in [2.05, 4.69) is 25.6 Å². The minimum absolute atomic E-state index is 0.0141. The Bertz CT molecular complexity index is 1470. The van der Waals surface area contributed by atoms with Crippen LogP contribution in [0.1, 0.15) is 19.1 Å². The molecule has 3 aromatic heterocycles. The molecular weight excluding hydrogens is 501 g/mol. The molecule has 0 atom stereocenters. The number of furan rings is 1. The molecule has 0 bridgehead atoms. The zero-order valence-electron chi connectivity index (χ0n) is 20.1. The van der Waals surface area contributed by atoms with E-state index in [9.17, 15) is 14.0 Å². The van der Waals surface area contributed by atoms with Gasteiger partial charge in [0.15, 0.2) is 5.58 Å². The average Bonchev–Trinajstić information content (AvgIpc) is 3.30. The highest BCUT2D eigenvalue weighted by atomic mass is 35.5. The molecular formula is C25H25ClFN7O3. The van der Waals surface area contributed by atoms with Gasteiger partial charge in [0.05, 0.1) is 6.54 Å². The predicted molar refractivity (Wildman–Crippen MR) is 138 cm³/mol. The zero-order chi connectivity index (χ0) is 25.9. The number of anilines is 2. The van der Waals surface area contributed by atoms with Crippen LogP contribution in [-0.4, -0.2) is 69.3 Å². The summed E-state index contributed by atoms with van der Waals surface area (Å²) in [5.74, 6) is 0.739. The lowest BCUT2D eigenvalue weighted by atomic mass is 10.2. The Labute approximate surface area is 216 Å². The number of hydrogen-bond acceptors (Lipinski definition) is 8. The van der Waals surface area contributed by atoms with Crippen LogP contribution in [0.5, 0.6) is 0 Å². The van der Waals surface area contributed by atoms with Gasteiger partial charge in [0.25, 0.3) is 0 Å². The number of pyridine rings is 1. The summed E-state index contributed by atoms with van der Waals surface area (Å²) in [6.07, 6.45) is 0.218. The minimum atomic E-state index is -0.479. The molecule has 1 saturated heterocycles. The number of nitrogens with zero attached hydrogens (tertiary/aromatic N) is 5. The second-order valence-corrected chi connectivity index (χ2v) is 9.07. The Kier molecular flexibility index (Phi) is 7.04. The summed E-state index contributed by atoms with van der Waals surface area (Å²) >= 11 is 5.96. The number of amides is 2. The van der Waals surface area contributed by atoms with Crippen molar-refractivity contribution in [2.75, 3.05) is 43.4 Å². The molecule has 1 aliphatic heterocycles. The van der Waals surface area contributed by atoms with Gasteiger partial charge < -0.3 is 24.9 Å². The van der Waals surface area contributed by atoms with Crippen LogP contribution in [0.4, 0.5) is 16.2 Å². The standard InChI is InChI=1S/C25H25ClFN7O3/c1-15(35)33-9-11-34(12-10-33)22(36)7-8-28-25-31-23-17(3-2-4-18(23)27)24(32-25)29-14-16-13-19-20(37-16)5-6-21(26)30-19/h2-6,13H,7-12,14H2,1H3,(H2,28,29,31,32). The lowest BCUT2D eigenvalue weighted by Gasteiger charge is -2.34. The Morgan fingerprint density at radius 2 is 1.84 bits per heavy atom. The average molecular weight is 526 g/mol. The van der Waals surface area contributed by atoms with Gasteiger partial charge in [-0.25, -0.2) is 14.4 Å². The monoisotopic (exact) mass is 525 g/mol. The molecule has 0 saturated carbocycles. The van der Waals surface area contributed by atoms with Gasteiger partial charge in [0, 0.05) is 57.5 Å². The summed E-state index contributed by atoms with van der Waals surface area (Å²) in [4.78, 5) is 40.6. The molecule has 2 amide bonds.